The van der Waals surface area contributed by atoms with Crippen LogP contribution in [0.1, 0.15) is 52.5 Å². The molecular weight excluding hydrogens is 466 g/mol. The first-order chi connectivity index (χ1) is 16.9. The third kappa shape index (κ3) is 4.60. The van der Waals surface area contributed by atoms with Crippen molar-refractivity contribution in [1.29, 1.82) is 0 Å². The highest BCUT2D eigenvalue weighted by Crippen LogP contribution is 2.41. The van der Waals surface area contributed by atoms with Crippen LogP contribution in [0.4, 0.5) is 5.82 Å². The van der Waals surface area contributed by atoms with Crippen LogP contribution in [0.2, 0.25) is 5.02 Å². The van der Waals surface area contributed by atoms with Gasteiger partial charge >= 0.3 is 5.97 Å². The summed E-state index contributed by atoms with van der Waals surface area (Å²) in [6, 6.07) is 13.1. The van der Waals surface area contributed by atoms with Gasteiger partial charge in [0.15, 0.2) is 11.6 Å². The Kier molecular flexibility index (Phi) is 6.19. The number of halogens is 1. The third-order valence-corrected chi connectivity index (χ3v) is 6.80. The van der Waals surface area contributed by atoms with Crippen LogP contribution >= 0.6 is 11.6 Å². The number of rotatable bonds is 4. The molecule has 3 aromatic rings. The molecule has 0 N–H and O–H groups in total. The van der Waals surface area contributed by atoms with Gasteiger partial charge < -0.3 is 14.4 Å². The molecule has 2 aliphatic heterocycles. The topological polar surface area (TPSA) is 81.6 Å². The second-order valence-corrected chi connectivity index (χ2v) is 9.47. The monoisotopic (exact) mass is 491 g/mol. The maximum atomic E-state index is 12.9. The number of fused-ring (bicyclic) bond motifs is 1. The van der Waals surface area contributed by atoms with Gasteiger partial charge in [-0.15, -0.1) is 0 Å². The number of benzene rings is 2. The minimum Gasteiger partial charge on any atom is -0.486 e. The van der Waals surface area contributed by atoms with Crippen LogP contribution < -0.4 is 9.64 Å². The molecule has 1 spiro atoms. The summed E-state index contributed by atoms with van der Waals surface area (Å²) in [4.78, 5) is 36.9. The lowest BCUT2D eigenvalue weighted by molar-refractivity contribution is 0.0231. The molecule has 0 unspecified atom stereocenters. The van der Waals surface area contributed by atoms with Crippen LogP contribution in [0.25, 0.3) is 11.4 Å². The fraction of sp³-hybridized carbons (Fsp3) is 0.333. The summed E-state index contributed by atoms with van der Waals surface area (Å²) in [6.45, 7) is 5.20. The quantitative estimate of drug-likeness (QED) is 0.459. The first-order valence-corrected chi connectivity index (χ1v) is 12.1. The van der Waals surface area contributed by atoms with Gasteiger partial charge in [-0.1, -0.05) is 35.4 Å². The molecule has 8 heteroatoms. The lowest BCUT2D eigenvalue weighted by atomic mass is 9.82. The second-order valence-electron chi connectivity index (χ2n) is 9.03. The first-order valence-electron chi connectivity index (χ1n) is 11.8. The molecule has 0 bridgehead atoms. The number of aromatic nitrogens is 2. The number of ether oxygens (including phenoxy) is 2. The zero-order chi connectivity index (χ0) is 24.6. The van der Waals surface area contributed by atoms with Gasteiger partial charge in [-0.25, -0.2) is 14.8 Å². The van der Waals surface area contributed by atoms with E-state index in [0.29, 0.717) is 65.9 Å². The molecule has 3 heterocycles. The van der Waals surface area contributed by atoms with Crippen molar-refractivity contribution >= 4 is 29.2 Å². The zero-order valence-corrected chi connectivity index (χ0v) is 20.5. The number of ketones is 1. The minimum absolute atomic E-state index is 0.0400. The Labute approximate surface area is 209 Å². The largest absolute Gasteiger partial charge is 0.486 e. The lowest BCUT2D eigenvalue weighted by Crippen LogP contribution is -2.51. The van der Waals surface area contributed by atoms with Gasteiger partial charge in [0.05, 0.1) is 18.6 Å². The average Bonchev–Trinajstić information content (AvgIpc) is 2.85. The molecule has 0 aliphatic carbocycles. The van der Waals surface area contributed by atoms with E-state index in [9.17, 15) is 9.59 Å². The molecular formula is C27H26ClN3O4. The summed E-state index contributed by atoms with van der Waals surface area (Å²) in [6.07, 6.45) is 3.08. The van der Waals surface area contributed by atoms with Crippen molar-refractivity contribution in [3.8, 4) is 17.1 Å². The summed E-state index contributed by atoms with van der Waals surface area (Å²) in [5, 5.41) is 0.520. The third-order valence-electron chi connectivity index (χ3n) is 6.57. The second kappa shape index (κ2) is 9.30. The van der Waals surface area contributed by atoms with Crippen molar-refractivity contribution in [3.63, 3.8) is 0 Å². The van der Waals surface area contributed by atoms with E-state index >= 15 is 0 Å². The van der Waals surface area contributed by atoms with Crippen molar-refractivity contribution in [2.45, 2.75) is 38.7 Å². The Hall–Kier alpha value is -3.45. The van der Waals surface area contributed by atoms with Gasteiger partial charge in [-0.2, -0.15) is 0 Å². The fourth-order valence-corrected chi connectivity index (χ4v) is 4.93. The standard InChI is InChI=1S/C27H26ClN3O4/c1-3-34-26(33)21-16-29-24(18-6-4-5-17(2)13-18)30-25(21)31-11-9-27(10-12-31)15-22(32)20-14-19(28)7-8-23(20)35-27/h4-8,13-14,16H,3,9-12,15H2,1-2H3. The van der Waals surface area contributed by atoms with Crippen molar-refractivity contribution < 1.29 is 19.1 Å². The van der Waals surface area contributed by atoms with Crippen LogP contribution in [-0.2, 0) is 4.74 Å². The molecule has 180 valence electrons. The van der Waals surface area contributed by atoms with Crippen molar-refractivity contribution in [2.24, 2.45) is 0 Å². The van der Waals surface area contributed by atoms with Gasteiger partial charge in [-0.05, 0) is 38.1 Å². The number of carbonyl (C=O) groups excluding carboxylic acids is 2. The highest BCUT2D eigenvalue weighted by Gasteiger charge is 2.43. The molecule has 0 amide bonds. The van der Waals surface area contributed by atoms with Crippen LogP contribution in [-0.4, -0.2) is 47.0 Å². The molecule has 2 aromatic carbocycles. The van der Waals surface area contributed by atoms with E-state index in [1.807, 2.05) is 31.2 Å². The number of aryl methyl sites for hydroxylation is 1. The van der Waals surface area contributed by atoms with Crippen molar-refractivity contribution in [2.75, 3.05) is 24.6 Å². The molecule has 0 saturated carbocycles. The SMILES string of the molecule is CCOC(=O)c1cnc(-c2cccc(C)c2)nc1N1CCC2(CC1)CC(=O)c1cc(Cl)ccc1O2. The van der Waals surface area contributed by atoms with E-state index < -0.39 is 11.6 Å². The molecule has 35 heavy (non-hydrogen) atoms. The Morgan fingerprint density at radius 1 is 1.20 bits per heavy atom. The number of piperidine rings is 1. The van der Waals surface area contributed by atoms with Gasteiger partial charge in [0, 0.05) is 42.7 Å². The zero-order valence-electron chi connectivity index (χ0n) is 19.7. The summed E-state index contributed by atoms with van der Waals surface area (Å²) in [5.74, 6) is 1.26. The number of esters is 1. The maximum Gasteiger partial charge on any atom is 0.343 e. The normalized spacial score (nSPS) is 16.5. The van der Waals surface area contributed by atoms with Gasteiger partial charge in [-0.3, -0.25) is 4.79 Å². The molecule has 1 saturated heterocycles. The Morgan fingerprint density at radius 2 is 2.00 bits per heavy atom. The van der Waals surface area contributed by atoms with Crippen LogP contribution in [0.5, 0.6) is 5.75 Å². The Balaban J connectivity index is 1.43. The summed E-state index contributed by atoms with van der Waals surface area (Å²) < 4.78 is 11.6. The van der Waals surface area contributed by atoms with Crippen LogP contribution in [0, 0.1) is 6.92 Å². The number of hydrogen-bond donors (Lipinski definition) is 0. The smallest absolute Gasteiger partial charge is 0.343 e. The van der Waals surface area contributed by atoms with E-state index in [-0.39, 0.29) is 12.4 Å². The minimum atomic E-state index is -0.578. The van der Waals surface area contributed by atoms with Gasteiger partial charge in [0.25, 0.3) is 0 Å². The average molecular weight is 492 g/mol. The van der Waals surface area contributed by atoms with E-state index in [4.69, 9.17) is 26.1 Å². The maximum absolute atomic E-state index is 12.9. The van der Waals surface area contributed by atoms with E-state index in [1.54, 1.807) is 31.3 Å². The Morgan fingerprint density at radius 3 is 2.74 bits per heavy atom. The van der Waals surface area contributed by atoms with Crippen molar-refractivity contribution in [1.82, 2.24) is 9.97 Å². The van der Waals surface area contributed by atoms with E-state index in [2.05, 4.69) is 9.88 Å². The highest BCUT2D eigenvalue weighted by atomic mass is 35.5. The van der Waals surface area contributed by atoms with Gasteiger partial charge in [0.2, 0.25) is 0 Å². The summed E-state index contributed by atoms with van der Waals surface area (Å²) in [5.41, 5.74) is 2.27. The molecule has 7 nitrogen and oxygen atoms in total. The van der Waals surface area contributed by atoms with Crippen LogP contribution in [0.3, 0.4) is 0 Å². The number of carbonyl (C=O) groups is 2. The number of hydrogen-bond acceptors (Lipinski definition) is 7. The summed E-state index contributed by atoms with van der Waals surface area (Å²) in [7, 11) is 0. The van der Waals surface area contributed by atoms with E-state index in [1.165, 1.54) is 0 Å². The number of nitrogens with zero attached hydrogens (tertiary/aromatic N) is 3. The molecule has 1 aromatic heterocycles. The summed E-state index contributed by atoms with van der Waals surface area (Å²) >= 11 is 6.07. The van der Waals surface area contributed by atoms with Crippen LogP contribution in [0.15, 0.2) is 48.7 Å². The first kappa shape index (κ1) is 23.3. The van der Waals surface area contributed by atoms with Crippen molar-refractivity contribution in [3.05, 3.63) is 70.4 Å². The fourth-order valence-electron chi connectivity index (χ4n) is 4.76. The predicted molar refractivity (Wildman–Crippen MR) is 133 cm³/mol. The van der Waals surface area contributed by atoms with Gasteiger partial charge in [0.1, 0.15) is 22.7 Å². The van der Waals surface area contributed by atoms with E-state index in [0.717, 1.165) is 11.1 Å². The predicted octanol–water partition coefficient (Wildman–Crippen LogP) is 5.29. The molecule has 0 atom stereocenters. The Bertz CT molecular complexity index is 1300. The molecule has 2 aliphatic rings. The molecule has 1 fully saturated rings. The highest BCUT2D eigenvalue weighted by molar-refractivity contribution is 6.31. The number of anilines is 1. The molecule has 0 radical (unpaired) electrons. The number of Topliss-reactive ketones (excluding diaryl/α,β-unsaturated/α-hetero) is 1. The molecule has 5 rings (SSSR count). The lowest BCUT2D eigenvalue weighted by Gasteiger charge is -2.44.